The number of hydrogen-bond donors (Lipinski definition) is 0. The van der Waals surface area contributed by atoms with Crippen molar-refractivity contribution in [3.05, 3.63) is 35.9 Å². The number of aryl methyl sites for hydroxylation is 1. The second kappa shape index (κ2) is 7.63. The Kier molecular flexibility index (Phi) is 5.32. The van der Waals surface area contributed by atoms with Crippen molar-refractivity contribution >= 4 is 0 Å². The molecule has 1 aromatic carbocycles. The van der Waals surface area contributed by atoms with Crippen LogP contribution in [0.25, 0.3) is 0 Å². The summed E-state index contributed by atoms with van der Waals surface area (Å²) >= 11 is 0. The molecule has 1 aromatic heterocycles. The first-order valence-electron chi connectivity index (χ1n) is 8.18. The summed E-state index contributed by atoms with van der Waals surface area (Å²) in [5.41, 5.74) is 1.17. The molecule has 1 saturated heterocycles. The van der Waals surface area contributed by atoms with Gasteiger partial charge in [-0.15, -0.1) is 0 Å². The molecular formula is C17H25N5O2. The molecule has 7 heteroatoms. The van der Waals surface area contributed by atoms with Crippen molar-refractivity contribution in [3.8, 4) is 11.5 Å². The van der Waals surface area contributed by atoms with E-state index in [2.05, 4.69) is 25.9 Å². The molecule has 1 aliphatic rings. The van der Waals surface area contributed by atoms with Gasteiger partial charge in [0.1, 0.15) is 23.7 Å². The summed E-state index contributed by atoms with van der Waals surface area (Å²) in [5, 5.41) is 4.13. The lowest BCUT2D eigenvalue weighted by Crippen LogP contribution is -2.45. The molecule has 0 aliphatic carbocycles. The van der Waals surface area contributed by atoms with Crippen molar-refractivity contribution in [2.24, 2.45) is 7.05 Å². The van der Waals surface area contributed by atoms with Gasteiger partial charge in [0.2, 0.25) is 0 Å². The summed E-state index contributed by atoms with van der Waals surface area (Å²) < 4.78 is 12.7. The zero-order chi connectivity index (χ0) is 16.9. The molecule has 0 bridgehead atoms. The van der Waals surface area contributed by atoms with E-state index >= 15 is 0 Å². The Labute approximate surface area is 142 Å². The topological polar surface area (TPSA) is 55.7 Å². The molecule has 24 heavy (non-hydrogen) atoms. The maximum absolute atomic E-state index is 5.48. The monoisotopic (exact) mass is 331 g/mol. The minimum atomic E-state index is 0.854. The lowest BCUT2D eigenvalue weighted by atomic mass is 10.1. The third kappa shape index (κ3) is 3.85. The largest absolute Gasteiger partial charge is 0.497 e. The lowest BCUT2D eigenvalue weighted by molar-refractivity contribution is 0.118. The minimum Gasteiger partial charge on any atom is -0.497 e. The third-order valence-corrected chi connectivity index (χ3v) is 4.52. The van der Waals surface area contributed by atoms with Gasteiger partial charge in [-0.3, -0.25) is 14.5 Å². The van der Waals surface area contributed by atoms with E-state index in [1.165, 1.54) is 5.56 Å². The van der Waals surface area contributed by atoms with Gasteiger partial charge in [-0.05, 0) is 18.2 Å². The minimum absolute atomic E-state index is 0.854. The molecule has 1 fully saturated rings. The van der Waals surface area contributed by atoms with Crippen molar-refractivity contribution < 1.29 is 9.47 Å². The van der Waals surface area contributed by atoms with Crippen LogP contribution in [-0.2, 0) is 20.1 Å². The summed E-state index contributed by atoms with van der Waals surface area (Å²) in [4.78, 5) is 9.17. The van der Waals surface area contributed by atoms with E-state index in [4.69, 9.17) is 9.47 Å². The zero-order valence-corrected chi connectivity index (χ0v) is 14.6. The molecule has 0 atom stereocenters. The fraction of sp³-hybridized carbons (Fsp3) is 0.529. The Hall–Kier alpha value is -2.12. The van der Waals surface area contributed by atoms with Gasteiger partial charge in [0.25, 0.3) is 0 Å². The summed E-state index contributed by atoms with van der Waals surface area (Å²) in [5.74, 6) is 2.79. The zero-order valence-electron chi connectivity index (χ0n) is 14.6. The predicted octanol–water partition coefficient (Wildman–Crippen LogP) is 1.15. The summed E-state index contributed by atoms with van der Waals surface area (Å²) in [6.45, 7) is 5.83. The van der Waals surface area contributed by atoms with E-state index < -0.39 is 0 Å². The van der Waals surface area contributed by atoms with Crippen LogP contribution in [0.15, 0.2) is 24.5 Å². The molecule has 0 amide bonds. The van der Waals surface area contributed by atoms with E-state index in [0.29, 0.717) is 0 Å². The Morgan fingerprint density at radius 3 is 2.29 bits per heavy atom. The van der Waals surface area contributed by atoms with Gasteiger partial charge in [0, 0.05) is 45.3 Å². The first-order valence-corrected chi connectivity index (χ1v) is 8.18. The quantitative estimate of drug-likeness (QED) is 0.791. The average Bonchev–Trinajstić information content (AvgIpc) is 3.01. The highest BCUT2D eigenvalue weighted by Crippen LogP contribution is 2.25. The molecule has 3 rings (SSSR count). The normalized spacial score (nSPS) is 16.3. The first-order chi connectivity index (χ1) is 11.7. The third-order valence-electron chi connectivity index (χ3n) is 4.52. The van der Waals surface area contributed by atoms with Gasteiger partial charge in [-0.25, -0.2) is 4.98 Å². The van der Waals surface area contributed by atoms with Crippen molar-refractivity contribution in [2.45, 2.75) is 13.1 Å². The molecule has 0 saturated carbocycles. The van der Waals surface area contributed by atoms with Crippen LogP contribution in [-0.4, -0.2) is 65.0 Å². The summed E-state index contributed by atoms with van der Waals surface area (Å²) in [7, 11) is 5.34. The van der Waals surface area contributed by atoms with Crippen molar-refractivity contribution in [3.63, 3.8) is 0 Å². The van der Waals surface area contributed by atoms with Crippen LogP contribution in [0.3, 0.4) is 0 Å². The molecule has 2 aromatic rings. The number of piperazine rings is 1. The molecule has 7 nitrogen and oxygen atoms in total. The highest BCUT2D eigenvalue weighted by Gasteiger charge is 2.19. The SMILES string of the molecule is COc1ccc(OC)c(CN2CCN(Cc3ncnn3C)CC2)c1. The molecule has 0 radical (unpaired) electrons. The second-order valence-electron chi connectivity index (χ2n) is 6.03. The van der Waals surface area contributed by atoms with Crippen LogP contribution in [0, 0.1) is 0 Å². The fourth-order valence-electron chi connectivity index (χ4n) is 3.02. The highest BCUT2D eigenvalue weighted by atomic mass is 16.5. The molecule has 2 heterocycles. The van der Waals surface area contributed by atoms with Gasteiger partial charge in [-0.1, -0.05) is 0 Å². The number of hydrogen-bond acceptors (Lipinski definition) is 6. The van der Waals surface area contributed by atoms with Gasteiger partial charge in [0.15, 0.2) is 0 Å². The smallest absolute Gasteiger partial charge is 0.140 e. The van der Waals surface area contributed by atoms with Crippen LogP contribution >= 0.6 is 0 Å². The lowest BCUT2D eigenvalue weighted by Gasteiger charge is -2.34. The molecular weight excluding hydrogens is 306 g/mol. The van der Waals surface area contributed by atoms with Crippen LogP contribution in [0.1, 0.15) is 11.4 Å². The van der Waals surface area contributed by atoms with E-state index in [9.17, 15) is 0 Å². The summed E-state index contributed by atoms with van der Waals surface area (Å²) in [6.07, 6.45) is 1.61. The van der Waals surface area contributed by atoms with Crippen molar-refractivity contribution in [2.75, 3.05) is 40.4 Å². The summed E-state index contributed by atoms with van der Waals surface area (Å²) in [6, 6.07) is 5.96. The van der Waals surface area contributed by atoms with Crippen LogP contribution in [0.2, 0.25) is 0 Å². The van der Waals surface area contributed by atoms with E-state index in [1.54, 1.807) is 20.5 Å². The van der Waals surface area contributed by atoms with Gasteiger partial charge >= 0.3 is 0 Å². The molecule has 0 spiro atoms. The van der Waals surface area contributed by atoms with E-state index in [0.717, 1.165) is 56.6 Å². The number of ether oxygens (including phenoxy) is 2. The number of benzene rings is 1. The highest BCUT2D eigenvalue weighted by molar-refractivity contribution is 5.40. The molecule has 0 unspecified atom stereocenters. The van der Waals surface area contributed by atoms with Gasteiger partial charge < -0.3 is 9.47 Å². The van der Waals surface area contributed by atoms with Gasteiger partial charge in [-0.2, -0.15) is 5.10 Å². The van der Waals surface area contributed by atoms with E-state index in [-0.39, 0.29) is 0 Å². The predicted molar refractivity (Wildman–Crippen MR) is 91.1 cm³/mol. The standard InChI is InChI=1S/C17H25N5O2/c1-20-17(18-13-19-20)12-22-8-6-21(7-9-22)11-14-10-15(23-2)4-5-16(14)24-3/h4-5,10,13H,6-9,11-12H2,1-3H3. The van der Waals surface area contributed by atoms with Crippen molar-refractivity contribution in [1.82, 2.24) is 24.6 Å². The first kappa shape index (κ1) is 16.7. The fourth-order valence-corrected chi connectivity index (χ4v) is 3.02. The molecule has 130 valence electrons. The number of methoxy groups -OCH3 is 2. The number of aromatic nitrogens is 3. The Morgan fingerprint density at radius 1 is 1.00 bits per heavy atom. The number of nitrogens with zero attached hydrogens (tertiary/aromatic N) is 5. The van der Waals surface area contributed by atoms with Gasteiger partial charge in [0.05, 0.1) is 20.8 Å². The maximum atomic E-state index is 5.48. The second-order valence-corrected chi connectivity index (χ2v) is 6.03. The Bertz CT molecular complexity index is 665. The molecule has 1 aliphatic heterocycles. The Morgan fingerprint density at radius 2 is 1.71 bits per heavy atom. The maximum Gasteiger partial charge on any atom is 0.140 e. The van der Waals surface area contributed by atoms with E-state index in [1.807, 2.05) is 23.9 Å². The molecule has 0 N–H and O–H groups in total. The Balaban J connectivity index is 1.56. The van der Waals surface area contributed by atoms with Crippen molar-refractivity contribution in [1.29, 1.82) is 0 Å². The average molecular weight is 331 g/mol. The number of rotatable bonds is 6. The van der Waals surface area contributed by atoms with Crippen LogP contribution in [0.5, 0.6) is 11.5 Å². The van der Waals surface area contributed by atoms with Crippen LogP contribution in [0.4, 0.5) is 0 Å². The van der Waals surface area contributed by atoms with Crippen LogP contribution < -0.4 is 9.47 Å².